The molecule has 1 aromatic rings. The van der Waals surface area contributed by atoms with Gasteiger partial charge in [-0.1, -0.05) is 6.07 Å². The molecule has 0 fully saturated rings. The highest BCUT2D eigenvalue weighted by Gasteiger charge is 1.83. The Balaban J connectivity index is 2.45. The van der Waals surface area contributed by atoms with E-state index in [1.807, 2.05) is 25.1 Å². The van der Waals surface area contributed by atoms with Crippen molar-refractivity contribution in [3.63, 3.8) is 0 Å². The highest BCUT2D eigenvalue weighted by molar-refractivity contribution is 5.73. The number of aromatic nitrogens is 1. The molecule has 3 nitrogen and oxygen atoms in total. The van der Waals surface area contributed by atoms with Crippen molar-refractivity contribution in [2.45, 2.75) is 6.92 Å². The van der Waals surface area contributed by atoms with Crippen molar-refractivity contribution < 1.29 is 0 Å². The number of hydrogen-bond donors (Lipinski definition) is 1. The molecule has 0 unspecified atom stereocenters. The van der Waals surface area contributed by atoms with Crippen LogP contribution < -0.4 is 5.32 Å². The van der Waals surface area contributed by atoms with Crippen molar-refractivity contribution >= 4 is 12.2 Å². The van der Waals surface area contributed by atoms with E-state index in [1.54, 1.807) is 12.5 Å². The molecule has 1 rings (SSSR count). The number of nitrogens with one attached hydrogen (secondary N) is 1. The Kier molecular flexibility index (Phi) is 3.12. The molecule has 0 saturated carbocycles. The van der Waals surface area contributed by atoms with Gasteiger partial charge in [0, 0.05) is 12.7 Å². The number of hydrogen-bond acceptors (Lipinski definition) is 2. The largest absolute Gasteiger partial charge is 0.331 e. The van der Waals surface area contributed by atoms with Gasteiger partial charge in [-0.05, 0) is 19.1 Å². The lowest BCUT2D eigenvalue weighted by atomic mass is 10.5. The van der Waals surface area contributed by atoms with E-state index >= 15 is 0 Å². The van der Waals surface area contributed by atoms with Gasteiger partial charge in [0.15, 0.2) is 0 Å². The molecule has 1 N–H and O–H groups in total. The number of pyridine rings is 1. The second-order valence-electron chi connectivity index (χ2n) is 1.99. The predicted octanol–water partition coefficient (Wildman–Crippen LogP) is 1.54. The fourth-order valence-electron chi connectivity index (χ4n) is 0.651. The second-order valence-corrected chi connectivity index (χ2v) is 1.99. The summed E-state index contributed by atoms with van der Waals surface area (Å²) in [4.78, 5) is 8.04. The van der Waals surface area contributed by atoms with Gasteiger partial charge in [-0.2, -0.15) is 0 Å². The zero-order chi connectivity index (χ0) is 7.94. The Bertz CT molecular complexity index is 218. The summed E-state index contributed by atoms with van der Waals surface area (Å²) < 4.78 is 0. The average molecular weight is 149 g/mol. The Hall–Kier alpha value is -1.38. The van der Waals surface area contributed by atoms with Crippen LogP contribution in [0.15, 0.2) is 29.4 Å². The Morgan fingerprint density at radius 3 is 3.18 bits per heavy atom. The van der Waals surface area contributed by atoms with Crippen LogP contribution in [-0.2, 0) is 0 Å². The number of rotatable bonds is 3. The van der Waals surface area contributed by atoms with E-state index in [0.29, 0.717) is 0 Å². The van der Waals surface area contributed by atoms with Crippen molar-refractivity contribution in [3.05, 3.63) is 24.4 Å². The minimum atomic E-state index is 0.792. The minimum Gasteiger partial charge on any atom is -0.331 e. The Morgan fingerprint density at radius 1 is 1.64 bits per heavy atom. The molecular formula is C8H11N3. The van der Waals surface area contributed by atoms with Crippen LogP contribution in [0.4, 0.5) is 5.82 Å². The quantitative estimate of drug-likeness (QED) is 0.523. The van der Waals surface area contributed by atoms with Crippen LogP contribution in [0.3, 0.4) is 0 Å². The summed E-state index contributed by atoms with van der Waals surface area (Å²) in [6.45, 7) is 2.77. The maximum absolute atomic E-state index is 4.05. The standard InChI is InChI=1S/C8H11N3/c1-2-9-7-11-8-5-3-4-6-10-8/h3-7H,2H2,1H3,(H,9,10,11). The molecule has 3 heteroatoms. The van der Waals surface area contributed by atoms with E-state index in [2.05, 4.69) is 15.3 Å². The van der Waals surface area contributed by atoms with Crippen LogP contribution in [0.1, 0.15) is 6.92 Å². The van der Waals surface area contributed by atoms with Crippen molar-refractivity contribution in [2.24, 2.45) is 4.99 Å². The van der Waals surface area contributed by atoms with E-state index in [4.69, 9.17) is 0 Å². The molecule has 0 radical (unpaired) electrons. The summed E-state index contributed by atoms with van der Waals surface area (Å²) >= 11 is 0. The molecule has 1 heterocycles. The molecule has 11 heavy (non-hydrogen) atoms. The Morgan fingerprint density at radius 2 is 2.55 bits per heavy atom. The molecule has 0 bridgehead atoms. The lowest BCUT2D eigenvalue weighted by Crippen LogP contribution is -1.96. The number of nitrogens with zero attached hydrogens (tertiary/aromatic N) is 2. The van der Waals surface area contributed by atoms with Gasteiger partial charge in [0.05, 0.1) is 6.34 Å². The molecule has 0 saturated heterocycles. The van der Waals surface area contributed by atoms with E-state index in [0.717, 1.165) is 12.4 Å². The fourth-order valence-corrected chi connectivity index (χ4v) is 0.651. The van der Waals surface area contributed by atoms with E-state index in [1.165, 1.54) is 0 Å². The van der Waals surface area contributed by atoms with Gasteiger partial charge < -0.3 is 5.32 Å². The van der Waals surface area contributed by atoms with Crippen molar-refractivity contribution in [1.29, 1.82) is 0 Å². The second kappa shape index (κ2) is 4.44. The Labute approximate surface area is 66.2 Å². The van der Waals surface area contributed by atoms with E-state index < -0.39 is 0 Å². The highest BCUT2D eigenvalue weighted by Crippen LogP contribution is 1.96. The van der Waals surface area contributed by atoms with Crippen LogP contribution in [0, 0.1) is 0 Å². The lowest BCUT2D eigenvalue weighted by molar-refractivity contribution is 1.14. The van der Waals surface area contributed by atoms with E-state index in [-0.39, 0.29) is 0 Å². The first-order valence-electron chi connectivity index (χ1n) is 3.59. The molecule has 0 aliphatic carbocycles. The van der Waals surface area contributed by atoms with Gasteiger partial charge in [0.25, 0.3) is 0 Å². The van der Waals surface area contributed by atoms with Crippen molar-refractivity contribution in [2.75, 3.05) is 11.9 Å². The first-order valence-corrected chi connectivity index (χ1v) is 3.59. The van der Waals surface area contributed by atoms with Crippen molar-refractivity contribution in [3.8, 4) is 0 Å². The third-order valence-corrected chi connectivity index (χ3v) is 1.15. The SMILES string of the molecule is CCN=CNc1ccccn1. The highest BCUT2D eigenvalue weighted by atomic mass is 15.0. The van der Waals surface area contributed by atoms with Crippen LogP contribution in [0.25, 0.3) is 0 Å². The van der Waals surface area contributed by atoms with Gasteiger partial charge in [-0.15, -0.1) is 0 Å². The first-order chi connectivity index (χ1) is 5.43. The maximum Gasteiger partial charge on any atom is 0.130 e. The molecule has 0 aromatic carbocycles. The monoisotopic (exact) mass is 149 g/mol. The molecule has 0 aliphatic heterocycles. The summed E-state index contributed by atoms with van der Waals surface area (Å²) in [5, 5.41) is 2.94. The van der Waals surface area contributed by atoms with Gasteiger partial charge >= 0.3 is 0 Å². The summed E-state index contributed by atoms with van der Waals surface area (Å²) in [5.74, 6) is 0.824. The third-order valence-electron chi connectivity index (χ3n) is 1.15. The average Bonchev–Trinajstić information content (AvgIpc) is 2.07. The smallest absolute Gasteiger partial charge is 0.130 e. The maximum atomic E-state index is 4.05. The molecule has 0 aliphatic rings. The lowest BCUT2D eigenvalue weighted by Gasteiger charge is -1.95. The summed E-state index contributed by atoms with van der Waals surface area (Å²) in [5.41, 5.74) is 0. The summed E-state index contributed by atoms with van der Waals surface area (Å²) in [6.07, 6.45) is 3.39. The minimum absolute atomic E-state index is 0.792. The van der Waals surface area contributed by atoms with Crippen LogP contribution >= 0.6 is 0 Å². The fraction of sp³-hybridized carbons (Fsp3) is 0.250. The zero-order valence-corrected chi connectivity index (χ0v) is 6.49. The normalized spacial score (nSPS) is 10.3. The molecule has 0 spiro atoms. The number of anilines is 1. The molecule has 0 amide bonds. The summed E-state index contributed by atoms with van der Waals surface area (Å²) in [7, 11) is 0. The topological polar surface area (TPSA) is 37.3 Å². The van der Waals surface area contributed by atoms with Gasteiger partial charge in [-0.3, -0.25) is 4.99 Å². The predicted molar refractivity (Wildman–Crippen MR) is 46.9 cm³/mol. The third kappa shape index (κ3) is 2.80. The van der Waals surface area contributed by atoms with Gasteiger partial charge in [0.2, 0.25) is 0 Å². The number of aliphatic imine (C=N–C) groups is 1. The summed E-state index contributed by atoms with van der Waals surface area (Å²) in [6, 6.07) is 5.69. The molecule has 58 valence electrons. The molecular weight excluding hydrogens is 138 g/mol. The zero-order valence-electron chi connectivity index (χ0n) is 6.49. The molecule has 1 aromatic heterocycles. The van der Waals surface area contributed by atoms with Crippen molar-refractivity contribution in [1.82, 2.24) is 4.98 Å². The van der Waals surface area contributed by atoms with Crippen LogP contribution in [0.2, 0.25) is 0 Å². The van der Waals surface area contributed by atoms with Gasteiger partial charge in [-0.25, -0.2) is 4.98 Å². The van der Waals surface area contributed by atoms with Crippen LogP contribution in [0.5, 0.6) is 0 Å². The molecule has 0 atom stereocenters. The van der Waals surface area contributed by atoms with Crippen LogP contribution in [-0.4, -0.2) is 17.9 Å². The van der Waals surface area contributed by atoms with E-state index in [9.17, 15) is 0 Å². The first kappa shape index (κ1) is 7.72. The van der Waals surface area contributed by atoms with Gasteiger partial charge in [0.1, 0.15) is 5.82 Å².